The molecule has 0 fully saturated rings. The van der Waals surface area contributed by atoms with Crippen LogP contribution in [0.4, 0.5) is 13.2 Å². The fourth-order valence-corrected chi connectivity index (χ4v) is 2.54. The average Bonchev–Trinajstić information content (AvgIpc) is 2.82. The summed E-state index contributed by atoms with van der Waals surface area (Å²) in [5, 5.41) is 0. The van der Waals surface area contributed by atoms with E-state index in [0.29, 0.717) is 28.7 Å². The van der Waals surface area contributed by atoms with Crippen molar-refractivity contribution >= 4 is 11.5 Å². The average molecular weight is 288 g/mol. The van der Waals surface area contributed by atoms with Gasteiger partial charge in [0.1, 0.15) is 16.3 Å². The van der Waals surface area contributed by atoms with Gasteiger partial charge in [0.2, 0.25) is 0 Å². The number of ether oxygens (including phenoxy) is 1. The topological polar surface area (TPSA) is 35.0 Å². The zero-order valence-electron chi connectivity index (χ0n) is 10.3. The second-order valence-corrected chi connectivity index (χ2v) is 4.55. The Morgan fingerprint density at radius 1 is 1.32 bits per heavy atom. The molecular weight excluding hydrogens is 277 g/mol. The van der Waals surface area contributed by atoms with E-state index in [-0.39, 0.29) is 12.0 Å². The van der Waals surface area contributed by atoms with Crippen molar-refractivity contribution in [1.82, 2.24) is 9.36 Å². The summed E-state index contributed by atoms with van der Waals surface area (Å²) in [5.74, 6) is 0.549. The summed E-state index contributed by atoms with van der Waals surface area (Å²) in [6.07, 6.45) is -2.65. The van der Waals surface area contributed by atoms with E-state index in [1.165, 1.54) is 13.3 Å². The molecule has 7 heteroatoms. The molecule has 0 aromatic carbocycles. The molecule has 2 aromatic rings. The molecule has 0 radical (unpaired) electrons. The minimum atomic E-state index is -4.37. The second kappa shape index (κ2) is 5.16. The van der Waals surface area contributed by atoms with Crippen LogP contribution in [0.5, 0.6) is 5.75 Å². The fourth-order valence-electron chi connectivity index (χ4n) is 1.70. The van der Waals surface area contributed by atoms with Crippen LogP contribution in [0.3, 0.4) is 0 Å². The van der Waals surface area contributed by atoms with E-state index in [1.54, 1.807) is 19.1 Å². The lowest BCUT2D eigenvalue weighted by Gasteiger charge is -2.06. The Morgan fingerprint density at radius 2 is 2.05 bits per heavy atom. The van der Waals surface area contributed by atoms with Crippen LogP contribution < -0.4 is 4.74 Å². The number of nitrogens with zero attached hydrogens (tertiary/aromatic N) is 2. The van der Waals surface area contributed by atoms with Crippen LogP contribution in [0.15, 0.2) is 18.3 Å². The van der Waals surface area contributed by atoms with Gasteiger partial charge >= 0.3 is 6.18 Å². The van der Waals surface area contributed by atoms with Crippen molar-refractivity contribution in [3.63, 3.8) is 0 Å². The number of pyridine rings is 1. The highest BCUT2D eigenvalue weighted by Crippen LogP contribution is 2.39. The molecule has 102 valence electrons. The number of hydrogen-bond acceptors (Lipinski definition) is 4. The van der Waals surface area contributed by atoms with E-state index >= 15 is 0 Å². The summed E-state index contributed by atoms with van der Waals surface area (Å²) in [5.41, 5.74) is 0.905. The molecule has 0 aliphatic carbocycles. The first kappa shape index (κ1) is 13.8. The number of rotatable bonds is 3. The van der Waals surface area contributed by atoms with Crippen LogP contribution in [0.25, 0.3) is 11.4 Å². The molecule has 0 aliphatic heterocycles. The summed E-state index contributed by atoms with van der Waals surface area (Å²) in [7, 11) is 1.50. The summed E-state index contributed by atoms with van der Waals surface area (Å²) < 4.78 is 47.3. The Kier molecular flexibility index (Phi) is 3.75. The Bertz CT molecular complexity index is 563. The summed E-state index contributed by atoms with van der Waals surface area (Å²) >= 11 is 0.466. The van der Waals surface area contributed by atoms with Gasteiger partial charge < -0.3 is 4.74 Å². The van der Waals surface area contributed by atoms with Crippen LogP contribution in [0, 0.1) is 0 Å². The van der Waals surface area contributed by atoms with Gasteiger partial charge in [-0.25, -0.2) is 0 Å². The molecule has 2 rings (SSSR count). The van der Waals surface area contributed by atoms with E-state index in [0.717, 1.165) is 0 Å². The van der Waals surface area contributed by atoms with Gasteiger partial charge in [0.15, 0.2) is 0 Å². The van der Waals surface area contributed by atoms with Crippen LogP contribution in [0.2, 0.25) is 0 Å². The van der Waals surface area contributed by atoms with Crippen LogP contribution in [-0.4, -0.2) is 16.5 Å². The summed E-state index contributed by atoms with van der Waals surface area (Å²) in [6, 6.07) is 3.25. The van der Waals surface area contributed by atoms with Crippen LogP contribution >= 0.6 is 11.5 Å². The molecule has 3 nitrogen and oxygen atoms in total. The smallest absolute Gasteiger partial charge is 0.427 e. The summed E-state index contributed by atoms with van der Waals surface area (Å²) in [6.45, 7) is 1.67. The van der Waals surface area contributed by atoms with Gasteiger partial charge in [0.05, 0.1) is 19.0 Å². The van der Waals surface area contributed by atoms with Crippen molar-refractivity contribution in [2.75, 3.05) is 7.11 Å². The highest BCUT2D eigenvalue weighted by molar-refractivity contribution is 7.06. The molecule has 2 aromatic heterocycles. The normalized spacial score (nSPS) is 11.6. The lowest BCUT2D eigenvalue weighted by Crippen LogP contribution is -2.05. The molecule has 0 atom stereocenters. The zero-order chi connectivity index (χ0) is 14.0. The number of hydrogen-bond donors (Lipinski definition) is 0. The van der Waals surface area contributed by atoms with Crippen molar-refractivity contribution in [3.8, 4) is 17.1 Å². The minimum Gasteiger partial charge on any atom is -0.495 e. The van der Waals surface area contributed by atoms with Crippen molar-refractivity contribution in [2.24, 2.45) is 0 Å². The third-order valence-corrected chi connectivity index (χ3v) is 3.55. The maximum atomic E-state index is 12.8. The van der Waals surface area contributed by atoms with Gasteiger partial charge in [0, 0.05) is 5.56 Å². The molecule has 0 amide bonds. The lowest BCUT2D eigenvalue weighted by atomic mass is 10.1. The molecule has 0 bridgehead atoms. The standard InChI is InChI=1S/C12H11F3N2OS/c1-3-8-10(17-19-11(8)12(13,14)15)9-5-4-7(18-2)6-16-9/h4-6H,3H2,1-2H3. The highest BCUT2D eigenvalue weighted by atomic mass is 32.1. The molecule has 0 saturated heterocycles. The molecule has 19 heavy (non-hydrogen) atoms. The Morgan fingerprint density at radius 3 is 2.53 bits per heavy atom. The molecule has 0 aliphatic rings. The van der Waals surface area contributed by atoms with Gasteiger partial charge in [-0.3, -0.25) is 4.98 Å². The van der Waals surface area contributed by atoms with Crippen molar-refractivity contribution < 1.29 is 17.9 Å². The zero-order valence-corrected chi connectivity index (χ0v) is 11.1. The van der Waals surface area contributed by atoms with E-state index in [4.69, 9.17) is 4.74 Å². The molecule has 2 heterocycles. The maximum absolute atomic E-state index is 12.8. The molecular formula is C12H11F3N2OS. The van der Waals surface area contributed by atoms with Gasteiger partial charge in [-0.05, 0) is 30.1 Å². The number of alkyl halides is 3. The quantitative estimate of drug-likeness (QED) is 0.861. The molecule has 0 saturated carbocycles. The Hall–Kier alpha value is -1.63. The number of methoxy groups -OCH3 is 1. The first-order valence-corrected chi connectivity index (χ1v) is 6.30. The first-order valence-electron chi connectivity index (χ1n) is 5.53. The molecule has 0 spiro atoms. The van der Waals surface area contributed by atoms with Crippen LogP contribution in [0.1, 0.15) is 17.4 Å². The Balaban J connectivity index is 2.47. The second-order valence-electron chi connectivity index (χ2n) is 3.77. The SMILES string of the molecule is CCc1c(-c2ccc(OC)cn2)nsc1C(F)(F)F. The van der Waals surface area contributed by atoms with Gasteiger partial charge in [-0.2, -0.15) is 17.5 Å². The molecule has 0 unspecified atom stereocenters. The third kappa shape index (κ3) is 2.70. The van der Waals surface area contributed by atoms with E-state index in [1.807, 2.05) is 0 Å². The number of aromatic nitrogens is 2. The molecule has 0 N–H and O–H groups in total. The van der Waals surface area contributed by atoms with Crippen molar-refractivity contribution in [3.05, 3.63) is 28.8 Å². The fraction of sp³-hybridized carbons (Fsp3) is 0.333. The summed E-state index contributed by atoms with van der Waals surface area (Å²) in [4.78, 5) is 3.43. The monoisotopic (exact) mass is 288 g/mol. The van der Waals surface area contributed by atoms with Gasteiger partial charge in [-0.15, -0.1) is 0 Å². The predicted molar refractivity (Wildman–Crippen MR) is 66.3 cm³/mol. The van der Waals surface area contributed by atoms with Gasteiger partial charge in [-0.1, -0.05) is 6.92 Å². The Labute approximate surface area is 112 Å². The predicted octanol–water partition coefficient (Wildman–Crippen LogP) is 3.79. The maximum Gasteiger partial charge on any atom is 0.427 e. The first-order chi connectivity index (χ1) is 8.97. The van der Waals surface area contributed by atoms with Crippen molar-refractivity contribution in [2.45, 2.75) is 19.5 Å². The largest absolute Gasteiger partial charge is 0.495 e. The third-order valence-electron chi connectivity index (χ3n) is 2.61. The highest BCUT2D eigenvalue weighted by Gasteiger charge is 2.37. The van der Waals surface area contributed by atoms with Gasteiger partial charge in [0.25, 0.3) is 0 Å². The van der Waals surface area contributed by atoms with Crippen molar-refractivity contribution in [1.29, 1.82) is 0 Å². The van der Waals surface area contributed by atoms with E-state index in [9.17, 15) is 13.2 Å². The lowest BCUT2D eigenvalue weighted by molar-refractivity contribution is -0.134. The van der Waals surface area contributed by atoms with E-state index < -0.39 is 11.1 Å². The van der Waals surface area contributed by atoms with Crippen LogP contribution in [-0.2, 0) is 12.6 Å². The van der Waals surface area contributed by atoms with E-state index in [2.05, 4.69) is 9.36 Å². The number of halogens is 3. The minimum absolute atomic E-state index is 0.190.